The average Bonchev–Trinajstić information content (AvgIpc) is 3.49. The van der Waals surface area contributed by atoms with E-state index in [0.717, 1.165) is 21.9 Å². The number of methoxy groups -OCH3 is 4. The molecule has 0 bridgehead atoms. The number of aromatic nitrogens is 2. The van der Waals surface area contributed by atoms with E-state index >= 15 is 0 Å². The molecule has 0 aliphatic carbocycles. The molecule has 0 atom stereocenters. The van der Waals surface area contributed by atoms with Gasteiger partial charge in [-0.15, -0.1) is 17.3 Å². The summed E-state index contributed by atoms with van der Waals surface area (Å²) in [5, 5.41) is 6.31. The molecule has 0 aliphatic heterocycles. The maximum Gasteiger partial charge on any atom is 0.214 e. The van der Waals surface area contributed by atoms with E-state index in [9.17, 15) is 4.79 Å². The minimum atomic E-state index is -0.282. The van der Waals surface area contributed by atoms with Gasteiger partial charge in [0.2, 0.25) is 11.5 Å². The molecule has 2 heterocycles. The van der Waals surface area contributed by atoms with Crippen molar-refractivity contribution in [1.82, 2.24) is 9.78 Å². The Kier molecular flexibility index (Phi) is 8.04. The molecule has 2 N–H and O–H groups in total. The number of rotatable bonds is 10. The van der Waals surface area contributed by atoms with Crippen LogP contribution in [0.2, 0.25) is 0 Å². The third-order valence-electron chi connectivity index (χ3n) is 6.27. The Morgan fingerprint density at radius 2 is 1.67 bits per heavy atom. The van der Waals surface area contributed by atoms with Crippen molar-refractivity contribution < 1.29 is 28.2 Å². The van der Waals surface area contributed by atoms with Crippen molar-refractivity contribution in [3.63, 3.8) is 0 Å². The molecule has 0 spiro atoms. The summed E-state index contributed by atoms with van der Waals surface area (Å²) in [6, 6.07) is 10.9. The summed E-state index contributed by atoms with van der Waals surface area (Å²) >= 11 is 1.57. The first-order valence-electron chi connectivity index (χ1n) is 12.2. The van der Waals surface area contributed by atoms with E-state index in [1.165, 1.54) is 21.3 Å². The zero-order chi connectivity index (χ0) is 28.3. The van der Waals surface area contributed by atoms with Crippen LogP contribution in [-0.2, 0) is 13.2 Å². The van der Waals surface area contributed by atoms with Gasteiger partial charge in [-0.05, 0) is 43.3 Å². The zero-order valence-electron chi connectivity index (χ0n) is 23.2. The Bertz CT molecular complexity index is 1570. The number of benzene rings is 2. The lowest BCUT2D eigenvalue weighted by atomic mass is 10.0. The lowest BCUT2D eigenvalue weighted by Gasteiger charge is -2.29. The highest BCUT2D eigenvalue weighted by molar-refractivity contribution is 7.15. The quantitative estimate of drug-likeness (QED) is 0.176. The van der Waals surface area contributed by atoms with E-state index in [-0.39, 0.29) is 5.78 Å². The maximum absolute atomic E-state index is 14.0. The van der Waals surface area contributed by atoms with E-state index in [2.05, 4.69) is 25.9 Å². The van der Waals surface area contributed by atoms with Crippen LogP contribution in [0.4, 0.5) is 5.00 Å². The normalized spacial score (nSPS) is 11.2. The van der Waals surface area contributed by atoms with Crippen LogP contribution in [0, 0.1) is 11.8 Å². The summed E-state index contributed by atoms with van der Waals surface area (Å²) in [4.78, 5) is 15.1. The second kappa shape index (κ2) is 11.3. The molecule has 204 valence electrons. The van der Waals surface area contributed by atoms with Crippen molar-refractivity contribution in [2.45, 2.75) is 20.1 Å². The lowest BCUT2D eigenvalue weighted by Crippen LogP contribution is -2.40. The van der Waals surface area contributed by atoms with Crippen molar-refractivity contribution in [1.29, 1.82) is 0 Å². The summed E-state index contributed by atoms with van der Waals surface area (Å²) < 4.78 is 24.4. The van der Waals surface area contributed by atoms with Crippen molar-refractivity contribution in [2.24, 2.45) is 0 Å². The van der Waals surface area contributed by atoms with E-state index < -0.39 is 0 Å². The van der Waals surface area contributed by atoms with Crippen LogP contribution in [0.5, 0.6) is 23.0 Å². The molecule has 2 aromatic carbocycles. The highest BCUT2D eigenvalue weighted by atomic mass is 32.1. The number of fused-ring (bicyclic) bond motifs is 1. The number of carbonyl (C=O) groups is 1. The van der Waals surface area contributed by atoms with Crippen LogP contribution in [0.3, 0.4) is 0 Å². The molecule has 0 unspecified atom stereocenters. The number of ketones is 1. The third kappa shape index (κ3) is 5.50. The Hall–Kier alpha value is -4.20. The van der Waals surface area contributed by atoms with Gasteiger partial charge in [-0.3, -0.25) is 4.79 Å². The molecular formula is C29H33N4O5S+. The van der Waals surface area contributed by atoms with Gasteiger partial charge in [-0.1, -0.05) is 5.92 Å². The van der Waals surface area contributed by atoms with E-state index in [4.69, 9.17) is 29.8 Å². The van der Waals surface area contributed by atoms with Gasteiger partial charge in [0, 0.05) is 10.9 Å². The van der Waals surface area contributed by atoms with Crippen molar-refractivity contribution in [3.05, 3.63) is 58.1 Å². The van der Waals surface area contributed by atoms with Gasteiger partial charge in [0.1, 0.15) is 18.0 Å². The molecule has 0 saturated heterocycles. The second-order valence-electron chi connectivity index (χ2n) is 9.54. The number of ether oxygens (including phenoxy) is 4. The Balaban J connectivity index is 1.89. The average molecular weight is 550 g/mol. The largest absolute Gasteiger partial charge is 0.495 e. The molecule has 10 heteroatoms. The van der Waals surface area contributed by atoms with Gasteiger partial charge in [-0.25, -0.2) is 4.68 Å². The number of hydrogen-bond acceptors (Lipinski definition) is 8. The first-order valence-corrected chi connectivity index (χ1v) is 13.0. The highest BCUT2D eigenvalue weighted by Crippen LogP contribution is 2.39. The van der Waals surface area contributed by atoms with Crippen LogP contribution in [0.1, 0.15) is 33.4 Å². The summed E-state index contributed by atoms with van der Waals surface area (Å²) in [6.07, 6.45) is 0. The number of carbonyl (C=O) groups excluding carboxylic acids is 1. The van der Waals surface area contributed by atoms with Gasteiger partial charge in [0.25, 0.3) is 0 Å². The van der Waals surface area contributed by atoms with Crippen molar-refractivity contribution in [3.8, 4) is 34.8 Å². The second-order valence-corrected chi connectivity index (χ2v) is 10.7. The molecule has 0 radical (unpaired) electrons. The number of nitrogens with zero attached hydrogens (tertiary/aromatic N) is 3. The van der Waals surface area contributed by atoms with Gasteiger partial charge >= 0.3 is 0 Å². The summed E-state index contributed by atoms with van der Waals surface area (Å²) in [6.45, 7) is 2.97. The summed E-state index contributed by atoms with van der Waals surface area (Å²) in [5.74, 6) is 7.65. The fraction of sp³-hybridized carbons (Fsp3) is 0.310. The smallest absolute Gasteiger partial charge is 0.214 e. The topological polar surface area (TPSA) is 97.8 Å². The predicted octanol–water partition coefficient (Wildman–Crippen LogP) is 4.55. The molecule has 0 amide bonds. The van der Waals surface area contributed by atoms with E-state index in [1.54, 1.807) is 37.5 Å². The fourth-order valence-corrected chi connectivity index (χ4v) is 5.59. The highest BCUT2D eigenvalue weighted by Gasteiger charge is 2.28. The number of hydrogen-bond donors (Lipinski definition) is 1. The number of thiophene rings is 1. The zero-order valence-corrected chi connectivity index (χ0v) is 24.1. The SMILES string of the molecule is CC#Cc1c(OC)ccc2c(C(=O)c3cc(OC)c(OC)c(OC)c3)nn(C[N+](C)(C)Cc3ccc(N)s3)c12. The molecule has 4 rings (SSSR count). The number of nitrogen functional groups attached to an aromatic ring is 1. The molecule has 0 aliphatic rings. The predicted molar refractivity (Wildman–Crippen MR) is 153 cm³/mol. The molecular weight excluding hydrogens is 516 g/mol. The number of quaternary nitrogens is 1. The Morgan fingerprint density at radius 1 is 1.00 bits per heavy atom. The van der Waals surface area contributed by atoms with Gasteiger partial charge in [0.15, 0.2) is 18.2 Å². The van der Waals surface area contributed by atoms with Crippen LogP contribution in [0.25, 0.3) is 10.9 Å². The van der Waals surface area contributed by atoms with Crippen molar-refractivity contribution >= 4 is 33.0 Å². The lowest BCUT2D eigenvalue weighted by molar-refractivity contribution is -0.925. The number of anilines is 1. The van der Waals surface area contributed by atoms with Crippen LogP contribution in [0.15, 0.2) is 36.4 Å². The van der Waals surface area contributed by atoms with Gasteiger partial charge in [0.05, 0.1) is 63.5 Å². The molecule has 39 heavy (non-hydrogen) atoms. The monoisotopic (exact) mass is 549 g/mol. The summed E-state index contributed by atoms with van der Waals surface area (Å²) in [5.41, 5.74) is 8.02. The van der Waals surface area contributed by atoms with Crippen molar-refractivity contribution in [2.75, 3.05) is 48.3 Å². The van der Waals surface area contributed by atoms with Crippen LogP contribution >= 0.6 is 11.3 Å². The van der Waals surface area contributed by atoms with Crippen LogP contribution < -0.4 is 24.7 Å². The van der Waals surface area contributed by atoms with Crippen LogP contribution in [-0.4, -0.2) is 62.6 Å². The molecule has 0 saturated carbocycles. The Morgan fingerprint density at radius 3 is 2.21 bits per heavy atom. The van der Waals surface area contributed by atoms with E-state index in [0.29, 0.717) is 56.4 Å². The molecule has 2 aromatic heterocycles. The van der Waals surface area contributed by atoms with E-state index in [1.807, 2.05) is 28.9 Å². The van der Waals surface area contributed by atoms with Gasteiger partial charge < -0.3 is 29.2 Å². The third-order valence-corrected chi connectivity index (χ3v) is 7.17. The minimum Gasteiger partial charge on any atom is -0.495 e. The maximum atomic E-state index is 14.0. The molecule has 4 aromatic rings. The minimum absolute atomic E-state index is 0.282. The molecule has 0 fully saturated rings. The first-order chi connectivity index (χ1) is 18.7. The standard InChI is InChI=1S/C29H33N4O5S/c1-8-9-20-22(35-4)12-11-21-26(28(34)18-14-23(36-5)29(38-7)24(15-18)37-6)31-32(27(20)21)17-33(2,3)16-19-10-13-25(30)39-19/h10-15H,16-17,30H2,1-7H3/q+1. The summed E-state index contributed by atoms with van der Waals surface area (Å²) in [7, 11) is 10.4. The molecule has 9 nitrogen and oxygen atoms in total. The fourth-order valence-electron chi connectivity index (χ4n) is 4.61. The Labute approximate surface area is 232 Å². The first kappa shape index (κ1) is 27.8. The number of nitrogens with two attached hydrogens (primary N) is 1. The van der Waals surface area contributed by atoms with Gasteiger partial charge in [-0.2, -0.15) is 5.10 Å².